The summed E-state index contributed by atoms with van der Waals surface area (Å²) in [5.41, 5.74) is 10.3. The third-order valence-electron chi connectivity index (χ3n) is 8.32. The molecule has 2 aromatic carbocycles. The molecule has 0 aliphatic carbocycles. The third-order valence-corrected chi connectivity index (χ3v) is 8.32. The number of primary amides is 1. The molecule has 16 nitrogen and oxygen atoms in total. The quantitative estimate of drug-likeness (QED) is 0.148. The molecular weight excluding hydrogens is 654 g/mol. The lowest BCUT2D eigenvalue weighted by Crippen LogP contribution is -2.20. The number of aryl methyl sites for hydroxylation is 4. The number of hydrogen-bond acceptors (Lipinski definition) is 9. The lowest BCUT2D eigenvalue weighted by atomic mass is 10.1. The Hall–Kier alpha value is -6.45. The second-order valence-corrected chi connectivity index (χ2v) is 11.7. The van der Waals surface area contributed by atoms with Crippen molar-refractivity contribution in [3.8, 4) is 11.5 Å². The number of fused-ring (bicyclic) bond motifs is 2. The Bertz CT molecular complexity index is 2320. The predicted molar refractivity (Wildman–Crippen MR) is 191 cm³/mol. The SMILES string of the molecule is CCn1nc(C)cc1C(=O)Nc1nc2cccc(OC)c2n1C/C=C/Cn1c(NC(=O)c2cc(C)nn2CC)nc2cc(C(N)=O)cc(OC)c21. The lowest BCUT2D eigenvalue weighted by Gasteiger charge is -2.12. The average Bonchev–Trinajstić information content (AvgIpc) is 3.88. The average molecular weight is 694 g/mol. The molecule has 0 spiro atoms. The fraction of sp³-hybridized carbons (Fsp3) is 0.286. The van der Waals surface area contributed by atoms with Crippen LogP contribution in [-0.2, 0) is 26.2 Å². The van der Waals surface area contributed by atoms with Crippen molar-refractivity contribution in [2.45, 2.75) is 53.9 Å². The molecule has 0 atom stereocenters. The molecule has 6 rings (SSSR count). The highest BCUT2D eigenvalue weighted by Gasteiger charge is 2.22. The molecular formula is C35H39N11O5. The number of imidazole rings is 2. The fourth-order valence-corrected chi connectivity index (χ4v) is 6.02. The minimum absolute atomic E-state index is 0.213. The van der Waals surface area contributed by atoms with Crippen molar-refractivity contribution in [2.24, 2.45) is 5.73 Å². The minimum Gasteiger partial charge on any atom is -0.494 e. The fourth-order valence-electron chi connectivity index (χ4n) is 6.02. The number of allylic oxidation sites excluding steroid dienone is 2. The van der Waals surface area contributed by atoms with E-state index in [2.05, 4.69) is 25.8 Å². The lowest BCUT2D eigenvalue weighted by molar-refractivity contribution is 0.0994. The molecule has 0 fully saturated rings. The highest BCUT2D eigenvalue weighted by molar-refractivity contribution is 6.05. The van der Waals surface area contributed by atoms with E-state index in [0.717, 1.165) is 5.69 Å². The van der Waals surface area contributed by atoms with Crippen LogP contribution in [-0.4, -0.2) is 70.6 Å². The van der Waals surface area contributed by atoms with Crippen molar-refractivity contribution in [3.05, 3.63) is 83.0 Å². The molecule has 6 aromatic rings. The molecule has 3 amide bonds. The summed E-state index contributed by atoms with van der Waals surface area (Å²) in [7, 11) is 3.06. The first kappa shape index (κ1) is 34.4. The van der Waals surface area contributed by atoms with Crippen LogP contribution in [0.2, 0.25) is 0 Å². The van der Waals surface area contributed by atoms with Gasteiger partial charge in [-0.1, -0.05) is 18.2 Å². The molecule has 16 heteroatoms. The number of hydrogen-bond donors (Lipinski definition) is 3. The van der Waals surface area contributed by atoms with Crippen LogP contribution in [0.1, 0.15) is 56.6 Å². The smallest absolute Gasteiger partial charge is 0.276 e. The van der Waals surface area contributed by atoms with Crippen molar-refractivity contribution >= 4 is 51.7 Å². The molecule has 0 radical (unpaired) electrons. The second kappa shape index (κ2) is 14.2. The summed E-state index contributed by atoms with van der Waals surface area (Å²) < 4.78 is 18.2. The van der Waals surface area contributed by atoms with Gasteiger partial charge in [0, 0.05) is 31.7 Å². The number of aromatic nitrogens is 8. The van der Waals surface area contributed by atoms with E-state index in [4.69, 9.17) is 20.2 Å². The first-order valence-electron chi connectivity index (χ1n) is 16.3. The van der Waals surface area contributed by atoms with Gasteiger partial charge in [-0.15, -0.1) is 0 Å². The summed E-state index contributed by atoms with van der Waals surface area (Å²) in [5, 5.41) is 14.7. The Balaban J connectivity index is 1.36. The molecule has 4 heterocycles. The van der Waals surface area contributed by atoms with E-state index < -0.39 is 11.8 Å². The standard InChI is InChI=1S/C35H39N11O5/c1-7-45-25(16-20(3)41-45)32(48)39-34-37-23-12-11-13-27(50-5)29(23)43(34)14-9-10-15-44-30-24(18-22(31(36)47)19-28(30)51-6)38-35(44)40-33(49)26-17-21(4)42-46(26)8-2/h9-13,16-19H,7-8,14-15H2,1-6H3,(H2,36,47)(H,37,39,48)(H,38,40,49)/b10-9+. The highest BCUT2D eigenvalue weighted by Crippen LogP contribution is 2.32. The van der Waals surface area contributed by atoms with Crippen molar-refractivity contribution < 1.29 is 23.9 Å². The number of para-hydroxylation sites is 1. The second-order valence-electron chi connectivity index (χ2n) is 11.7. The van der Waals surface area contributed by atoms with Crippen LogP contribution in [0.25, 0.3) is 22.1 Å². The molecule has 264 valence electrons. The number of carbonyl (C=O) groups is 3. The Kier molecular flexibility index (Phi) is 9.57. The highest BCUT2D eigenvalue weighted by atomic mass is 16.5. The van der Waals surface area contributed by atoms with Gasteiger partial charge in [0.25, 0.3) is 11.8 Å². The Morgan fingerprint density at radius 1 is 0.745 bits per heavy atom. The maximum absolute atomic E-state index is 13.5. The number of nitrogens with one attached hydrogen (secondary N) is 2. The number of methoxy groups -OCH3 is 2. The summed E-state index contributed by atoms with van der Waals surface area (Å²) in [5.74, 6) is 0.118. The Labute approximate surface area is 292 Å². The number of anilines is 2. The summed E-state index contributed by atoms with van der Waals surface area (Å²) in [4.78, 5) is 48.4. The molecule has 0 saturated carbocycles. The molecule has 4 aromatic heterocycles. The van der Waals surface area contributed by atoms with Crippen LogP contribution in [0.4, 0.5) is 11.9 Å². The van der Waals surface area contributed by atoms with E-state index >= 15 is 0 Å². The molecule has 0 aliphatic rings. The molecule has 0 unspecified atom stereocenters. The maximum Gasteiger partial charge on any atom is 0.276 e. The van der Waals surface area contributed by atoms with E-state index in [9.17, 15) is 14.4 Å². The Morgan fingerprint density at radius 3 is 1.75 bits per heavy atom. The maximum atomic E-state index is 13.5. The Morgan fingerprint density at radius 2 is 1.25 bits per heavy atom. The van der Waals surface area contributed by atoms with Gasteiger partial charge in [0.1, 0.15) is 33.9 Å². The van der Waals surface area contributed by atoms with Crippen molar-refractivity contribution in [1.29, 1.82) is 0 Å². The zero-order chi connectivity index (χ0) is 36.4. The van der Waals surface area contributed by atoms with Gasteiger partial charge in [-0.3, -0.25) is 34.4 Å². The number of ether oxygens (including phenoxy) is 2. The van der Waals surface area contributed by atoms with E-state index in [1.54, 1.807) is 45.3 Å². The van der Waals surface area contributed by atoms with E-state index in [-0.39, 0.29) is 24.0 Å². The van der Waals surface area contributed by atoms with Crippen molar-refractivity contribution in [2.75, 3.05) is 24.9 Å². The summed E-state index contributed by atoms with van der Waals surface area (Å²) in [6.45, 7) is 9.04. The largest absolute Gasteiger partial charge is 0.494 e. The molecule has 0 bridgehead atoms. The molecule has 4 N–H and O–H groups in total. The first-order valence-corrected chi connectivity index (χ1v) is 16.3. The topological polar surface area (TPSA) is 191 Å². The number of amides is 3. The number of nitrogens with zero attached hydrogens (tertiary/aromatic N) is 8. The zero-order valence-corrected chi connectivity index (χ0v) is 29.2. The van der Waals surface area contributed by atoms with Crippen LogP contribution in [0.5, 0.6) is 11.5 Å². The van der Waals surface area contributed by atoms with Gasteiger partial charge >= 0.3 is 0 Å². The minimum atomic E-state index is -0.641. The van der Waals surface area contributed by atoms with Crippen LogP contribution in [0, 0.1) is 13.8 Å². The zero-order valence-electron chi connectivity index (χ0n) is 29.2. The van der Waals surface area contributed by atoms with Crippen molar-refractivity contribution in [3.63, 3.8) is 0 Å². The predicted octanol–water partition coefficient (Wildman–Crippen LogP) is 4.31. The van der Waals surface area contributed by atoms with Gasteiger partial charge in [-0.2, -0.15) is 10.2 Å². The summed E-state index contributed by atoms with van der Waals surface area (Å²) >= 11 is 0. The van der Waals surface area contributed by atoms with Crippen LogP contribution >= 0.6 is 0 Å². The van der Waals surface area contributed by atoms with Gasteiger partial charge in [-0.25, -0.2) is 9.97 Å². The molecule has 0 aliphatic heterocycles. The summed E-state index contributed by atoms with van der Waals surface area (Å²) in [6, 6.07) is 12.0. The normalized spacial score (nSPS) is 11.5. The van der Waals surface area contributed by atoms with E-state index in [1.807, 2.05) is 62.6 Å². The van der Waals surface area contributed by atoms with Crippen LogP contribution in [0.15, 0.2) is 54.6 Å². The van der Waals surface area contributed by atoms with E-state index in [0.29, 0.717) is 76.2 Å². The van der Waals surface area contributed by atoms with Gasteiger partial charge in [0.15, 0.2) is 0 Å². The first-order chi connectivity index (χ1) is 24.6. The molecule has 51 heavy (non-hydrogen) atoms. The van der Waals surface area contributed by atoms with Crippen molar-refractivity contribution in [1.82, 2.24) is 38.7 Å². The van der Waals surface area contributed by atoms with Gasteiger partial charge < -0.3 is 24.3 Å². The number of nitrogens with two attached hydrogens (primary N) is 1. The number of carbonyl (C=O) groups excluding carboxylic acids is 3. The van der Waals surface area contributed by atoms with Crippen LogP contribution in [0.3, 0.4) is 0 Å². The van der Waals surface area contributed by atoms with E-state index in [1.165, 1.54) is 7.11 Å². The number of benzene rings is 2. The van der Waals surface area contributed by atoms with Crippen LogP contribution < -0.4 is 25.8 Å². The molecule has 0 saturated heterocycles. The summed E-state index contributed by atoms with van der Waals surface area (Å²) in [6.07, 6.45) is 3.79. The number of rotatable bonds is 13. The van der Waals surface area contributed by atoms with Gasteiger partial charge in [0.05, 0.1) is 36.6 Å². The van der Waals surface area contributed by atoms with Gasteiger partial charge in [-0.05, 0) is 64.1 Å². The van der Waals surface area contributed by atoms with Gasteiger partial charge in [0.2, 0.25) is 17.8 Å². The monoisotopic (exact) mass is 693 g/mol. The third kappa shape index (κ3) is 6.62.